The molecule has 0 aliphatic carbocycles. The van der Waals surface area contributed by atoms with Gasteiger partial charge in [-0.1, -0.05) is 0 Å². The third kappa shape index (κ3) is 4.17. The summed E-state index contributed by atoms with van der Waals surface area (Å²) in [6, 6.07) is 3.30. The molecule has 0 atom stereocenters. The van der Waals surface area contributed by atoms with Gasteiger partial charge in [0.15, 0.2) is 0 Å². The molecule has 1 aliphatic heterocycles. The zero-order valence-corrected chi connectivity index (χ0v) is 12.5. The van der Waals surface area contributed by atoms with Gasteiger partial charge in [0.2, 0.25) is 11.8 Å². The van der Waals surface area contributed by atoms with Crippen molar-refractivity contribution in [3.63, 3.8) is 0 Å². The Kier molecular flexibility index (Phi) is 5.17. The molecule has 21 heavy (non-hydrogen) atoms. The predicted octanol–water partition coefficient (Wildman–Crippen LogP) is 1.75. The summed E-state index contributed by atoms with van der Waals surface area (Å²) in [5.41, 5.74) is 0. The predicted molar refractivity (Wildman–Crippen MR) is 75.9 cm³/mol. The second-order valence-corrected chi connectivity index (χ2v) is 5.77. The number of amides is 2. The number of hydrogen-bond acceptors (Lipinski definition) is 3. The van der Waals surface area contributed by atoms with Gasteiger partial charge in [-0.15, -0.1) is 11.8 Å². The topological polar surface area (TPSA) is 40.6 Å². The van der Waals surface area contributed by atoms with Crippen molar-refractivity contribution < 1.29 is 18.4 Å². The number of thioether (sulfide) groups is 1. The van der Waals surface area contributed by atoms with Crippen molar-refractivity contribution in [2.24, 2.45) is 0 Å². The van der Waals surface area contributed by atoms with Gasteiger partial charge in [-0.3, -0.25) is 9.59 Å². The summed E-state index contributed by atoms with van der Waals surface area (Å²) >= 11 is 1.05. The monoisotopic (exact) mass is 314 g/mol. The largest absolute Gasteiger partial charge is 0.339 e. The fraction of sp³-hybridized carbons (Fsp3) is 0.429. The molecular formula is C14H16F2N2O2S. The zero-order valence-electron chi connectivity index (χ0n) is 11.6. The number of carbonyl (C=O) groups is 2. The average Bonchev–Trinajstić information content (AvgIpc) is 2.46. The molecule has 0 saturated carbocycles. The van der Waals surface area contributed by atoms with Crippen molar-refractivity contribution in [3.8, 4) is 0 Å². The summed E-state index contributed by atoms with van der Waals surface area (Å²) in [5.74, 6) is -1.29. The highest BCUT2D eigenvalue weighted by Crippen LogP contribution is 2.22. The van der Waals surface area contributed by atoms with Crippen LogP contribution in [-0.4, -0.2) is 53.5 Å². The second-order valence-electron chi connectivity index (χ2n) is 4.75. The molecule has 1 fully saturated rings. The molecule has 4 nitrogen and oxygen atoms in total. The SMILES string of the molecule is CC(=O)N1CCN(C(=O)CSc2ccc(F)cc2F)CC1. The van der Waals surface area contributed by atoms with Gasteiger partial charge in [-0.25, -0.2) is 8.78 Å². The molecule has 1 heterocycles. The van der Waals surface area contributed by atoms with E-state index >= 15 is 0 Å². The van der Waals surface area contributed by atoms with Gasteiger partial charge < -0.3 is 9.80 Å². The van der Waals surface area contributed by atoms with Crippen LogP contribution in [0.2, 0.25) is 0 Å². The van der Waals surface area contributed by atoms with E-state index in [1.165, 1.54) is 19.1 Å². The molecule has 1 aromatic carbocycles. The van der Waals surface area contributed by atoms with Crippen molar-refractivity contribution in [3.05, 3.63) is 29.8 Å². The molecular weight excluding hydrogens is 298 g/mol. The lowest BCUT2D eigenvalue weighted by Crippen LogP contribution is -2.50. The lowest BCUT2D eigenvalue weighted by Gasteiger charge is -2.34. The highest BCUT2D eigenvalue weighted by molar-refractivity contribution is 8.00. The van der Waals surface area contributed by atoms with Crippen molar-refractivity contribution in [2.75, 3.05) is 31.9 Å². The Morgan fingerprint density at radius 1 is 1.14 bits per heavy atom. The van der Waals surface area contributed by atoms with Gasteiger partial charge in [-0.05, 0) is 12.1 Å². The van der Waals surface area contributed by atoms with Crippen LogP contribution >= 0.6 is 11.8 Å². The fourth-order valence-electron chi connectivity index (χ4n) is 2.09. The standard InChI is InChI=1S/C14H16F2N2O2S/c1-10(19)17-4-6-18(7-5-17)14(20)9-21-13-3-2-11(15)8-12(13)16/h2-3,8H,4-7,9H2,1H3. The molecule has 0 bridgehead atoms. The Morgan fingerprint density at radius 2 is 1.76 bits per heavy atom. The van der Waals surface area contributed by atoms with E-state index in [4.69, 9.17) is 0 Å². The maximum atomic E-state index is 13.5. The van der Waals surface area contributed by atoms with Crippen molar-refractivity contribution in [1.82, 2.24) is 9.80 Å². The van der Waals surface area contributed by atoms with E-state index in [0.29, 0.717) is 26.2 Å². The Balaban J connectivity index is 1.84. The highest BCUT2D eigenvalue weighted by Gasteiger charge is 2.22. The van der Waals surface area contributed by atoms with E-state index < -0.39 is 11.6 Å². The van der Waals surface area contributed by atoms with E-state index in [9.17, 15) is 18.4 Å². The van der Waals surface area contributed by atoms with E-state index in [-0.39, 0.29) is 22.5 Å². The molecule has 1 saturated heterocycles. The summed E-state index contributed by atoms with van der Waals surface area (Å²) in [7, 11) is 0. The van der Waals surface area contributed by atoms with Gasteiger partial charge in [0.05, 0.1) is 5.75 Å². The Bertz CT molecular complexity index is 546. The lowest BCUT2D eigenvalue weighted by atomic mass is 10.3. The molecule has 0 radical (unpaired) electrons. The number of halogens is 2. The number of nitrogens with zero attached hydrogens (tertiary/aromatic N) is 2. The summed E-state index contributed by atoms with van der Waals surface area (Å²) in [6.07, 6.45) is 0. The first kappa shape index (κ1) is 15.8. The van der Waals surface area contributed by atoms with Gasteiger partial charge >= 0.3 is 0 Å². The van der Waals surface area contributed by atoms with Crippen LogP contribution in [0.1, 0.15) is 6.92 Å². The van der Waals surface area contributed by atoms with Crippen molar-refractivity contribution in [2.45, 2.75) is 11.8 Å². The summed E-state index contributed by atoms with van der Waals surface area (Å²) < 4.78 is 26.2. The van der Waals surface area contributed by atoms with Crippen LogP contribution in [0, 0.1) is 11.6 Å². The van der Waals surface area contributed by atoms with Gasteiger partial charge in [-0.2, -0.15) is 0 Å². The molecule has 2 amide bonds. The summed E-state index contributed by atoms with van der Waals surface area (Å²) in [4.78, 5) is 26.8. The van der Waals surface area contributed by atoms with E-state index in [1.807, 2.05) is 0 Å². The van der Waals surface area contributed by atoms with E-state index in [1.54, 1.807) is 9.80 Å². The van der Waals surface area contributed by atoms with Crippen LogP contribution in [-0.2, 0) is 9.59 Å². The normalized spacial score (nSPS) is 15.2. The summed E-state index contributed by atoms with van der Waals surface area (Å²) in [6.45, 7) is 3.54. The molecule has 0 N–H and O–H groups in total. The van der Waals surface area contributed by atoms with Crippen LogP contribution < -0.4 is 0 Å². The molecule has 0 spiro atoms. The number of hydrogen-bond donors (Lipinski definition) is 0. The van der Waals surface area contributed by atoms with Gasteiger partial charge in [0.25, 0.3) is 0 Å². The molecule has 2 rings (SSSR count). The Morgan fingerprint density at radius 3 is 2.33 bits per heavy atom. The Hall–Kier alpha value is -1.63. The lowest BCUT2D eigenvalue weighted by molar-refractivity contribution is -0.136. The molecule has 1 aliphatic rings. The van der Waals surface area contributed by atoms with Crippen LogP contribution in [0.4, 0.5) is 8.78 Å². The third-order valence-electron chi connectivity index (χ3n) is 3.32. The smallest absolute Gasteiger partial charge is 0.233 e. The van der Waals surface area contributed by atoms with E-state index in [2.05, 4.69) is 0 Å². The van der Waals surface area contributed by atoms with Crippen LogP contribution in [0.5, 0.6) is 0 Å². The fourth-order valence-corrected chi connectivity index (χ4v) is 2.92. The Labute approximate surface area is 126 Å². The molecule has 1 aromatic rings. The average molecular weight is 314 g/mol. The first-order chi connectivity index (χ1) is 9.97. The second kappa shape index (κ2) is 6.89. The number of rotatable bonds is 3. The minimum atomic E-state index is -0.658. The number of carbonyl (C=O) groups excluding carboxylic acids is 2. The quantitative estimate of drug-likeness (QED) is 0.798. The van der Waals surface area contributed by atoms with Crippen molar-refractivity contribution in [1.29, 1.82) is 0 Å². The van der Waals surface area contributed by atoms with Crippen LogP contribution in [0.15, 0.2) is 23.1 Å². The molecule has 114 valence electrons. The zero-order chi connectivity index (χ0) is 15.4. The first-order valence-electron chi connectivity index (χ1n) is 6.58. The molecule has 0 aromatic heterocycles. The van der Waals surface area contributed by atoms with Crippen LogP contribution in [0.25, 0.3) is 0 Å². The minimum absolute atomic E-state index is 0.00450. The minimum Gasteiger partial charge on any atom is -0.339 e. The number of benzene rings is 1. The highest BCUT2D eigenvalue weighted by atomic mass is 32.2. The molecule has 7 heteroatoms. The first-order valence-corrected chi connectivity index (χ1v) is 7.57. The maximum absolute atomic E-state index is 13.5. The third-order valence-corrected chi connectivity index (χ3v) is 4.36. The molecule has 0 unspecified atom stereocenters. The van der Waals surface area contributed by atoms with E-state index in [0.717, 1.165) is 17.8 Å². The number of piperazine rings is 1. The summed E-state index contributed by atoms with van der Waals surface area (Å²) in [5, 5.41) is 0. The van der Waals surface area contributed by atoms with Crippen molar-refractivity contribution >= 4 is 23.6 Å². The maximum Gasteiger partial charge on any atom is 0.233 e. The van der Waals surface area contributed by atoms with Gasteiger partial charge in [0, 0.05) is 44.1 Å². The van der Waals surface area contributed by atoms with Gasteiger partial charge in [0.1, 0.15) is 11.6 Å². The van der Waals surface area contributed by atoms with Crippen LogP contribution in [0.3, 0.4) is 0 Å².